The Morgan fingerprint density at radius 1 is 1.17 bits per heavy atom. The van der Waals surface area contributed by atoms with Gasteiger partial charge in [0.2, 0.25) is 5.91 Å². The molecule has 0 saturated carbocycles. The van der Waals surface area contributed by atoms with Gasteiger partial charge in [-0.3, -0.25) is 9.59 Å². The first-order valence-electron chi connectivity index (χ1n) is 6.50. The van der Waals surface area contributed by atoms with Gasteiger partial charge in [-0.25, -0.2) is 0 Å². The predicted octanol–water partition coefficient (Wildman–Crippen LogP) is 5.02. The third-order valence-electron chi connectivity index (χ3n) is 2.93. The number of alkyl halides is 3. The van der Waals surface area contributed by atoms with Crippen LogP contribution >= 0.6 is 22.9 Å². The molecule has 8 heteroatoms. The third-order valence-corrected chi connectivity index (χ3v) is 4.17. The summed E-state index contributed by atoms with van der Waals surface area (Å²) in [6.45, 7) is 0. The molecule has 0 fully saturated rings. The molecule has 1 aromatic heterocycles. The van der Waals surface area contributed by atoms with E-state index in [0.29, 0.717) is 4.88 Å². The summed E-state index contributed by atoms with van der Waals surface area (Å²) in [4.78, 5) is 24.1. The number of benzene rings is 1. The fourth-order valence-corrected chi connectivity index (χ4v) is 2.75. The molecule has 1 N–H and O–H groups in total. The molecule has 122 valence electrons. The zero-order valence-electron chi connectivity index (χ0n) is 11.6. The first-order valence-corrected chi connectivity index (χ1v) is 7.76. The van der Waals surface area contributed by atoms with Crippen molar-refractivity contribution < 1.29 is 22.8 Å². The van der Waals surface area contributed by atoms with E-state index in [1.165, 1.54) is 17.4 Å². The van der Waals surface area contributed by atoms with Crippen LogP contribution in [-0.4, -0.2) is 11.7 Å². The van der Waals surface area contributed by atoms with Crippen molar-refractivity contribution in [2.75, 3.05) is 5.32 Å². The first-order chi connectivity index (χ1) is 10.8. The second kappa shape index (κ2) is 7.14. The molecule has 2 aromatic rings. The van der Waals surface area contributed by atoms with Crippen LogP contribution in [0, 0.1) is 0 Å². The van der Waals surface area contributed by atoms with E-state index in [-0.39, 0.29) is 24.3 Å². The molecule has 1 amide bonds. The normalized spacial score (nSPS) is 11.3. The third kappa shape index (κ3) is 4.80. The topological polar surface area (TPSA) is 46.2 Å². The highest BCUT2D eigenvalue weighted by atomic mass is 35.5. The minimum atomic E-state index is -4.60. The quantitative estimate of drug-likeness (QED) is 0.760. The monoisotopic (exact) mass is 361 g/mol. The van der Waals surface area contributed by atoms with Crippen molar-refractivity contribution in [2.24, 2.45) is 0 Å². The van der Waals surface area contributed by atoms with Gasteiger partial charge in [0.15, 0.2) is 5.78 Å². The molecular formula is C15H11ClF3NO2S. The lowest BCUT2D eigenvalue weighted by molar-refractivity contribution is -0.137. The molecule has 0 atom stereocenters. The van der Waals surface area contributed by atoms with Crippen molar-refractivity contribution in [3.05, 3.63) is 51.2 Å². The molecule has 3 nitrogen and oxygen atoms in total. The number of Topliss-reactive ketones (excluding diaryl/α,β-unsaturated/α-hetero) is 1. The summed E-state index contributed by atoms with van der Waals surface area (Å²) in [6.07, 6.45) is -4.72. The molecular weight excluding hydrogens is 351 g/mol. The van der Waals surface area contributed by atoms with Gasteiger partial charge in [-0.05, 0) is 29.6 Å². The number of anilines is 1. The molecule has 23 heavy (non-hydrogen) atoms. The van der Waals surface area contributed by atoms with Gasteiger partial charge in [0, 0.05) is 18.5 Å². The Bertz CT molecular complexity index is 714. The van der Waals surface area contributed by atoms with Crippen LogP contribution < -0.4 is 5.32 Å². The van der Waals surface area contributed by atoms with E-state index in [9.17, 15) is 22.8 Å². The highest BCUT2D eigenvalue weighted by Gasteiger charge is 2.33. The fourth-order valence-electron chi connectivity index (χ4n) is 1.83. The Hall–Kier alpha value is -1.86. The van der Waals surface area contributed by atoms with E-state index >= 15 is 0 Å². The second-order valence-corrected chi connectivity index (χ2v) is 6.00. The number of nitrogens with one attached hydrogen (secondary N) is 1. The van der Waals surface area contributed by atoms with E-state index in [4.69, 9.17) is 11.6 Å². The number of halogens is 4. The smallest absolute Gasteiger partial charge is 0.326 e. The van der Waals surface area contributed by atoms with Gasteiger partial charge < -0.3 is 5.32 Å². The predicted molar refractivity (Wildman–Crippen MR) is 83.0 cm³/mol. The standard InChI is InChI=1S/C15H11ClF3NO2S/c16-11-4-3-9(8-10(11)15(17,18)19)20-14(22)6-5-12(21)13-2-1-7-23-13/h1-4,7-8H,5-6H2,(H,20,22). The van der Waals surface area contributed by atoms with E-state index in [1.807, 2.05) is 0 Å². The lowest BCUT2D eigenvalue weighted by Gasteiger charge is -2.11. The van der Waals surface area contributed by atoms with Crippen molar-refractivity contribution in [1.29, 1.82) is 0 Å². The van der Waals surface area contributed by atoms with Gasteiger partial charge in [0.05, 0.1) is 15.5 Å². The number of hydrogen-bond acceptors (Lipinski definition) is 3. The van der Waals surface area contributed by atoms with Crippen LogP contribution in [0.1, 0.15) is 28.1 Å². The zero-order chi connectivity index (χ0) is 17.0. The number of carbonyl (C=O) groups is 2. The van der Waals surface area contributed by atoms with Gasteiger partial charge in [-0.2, -0.15) is 13.2 Å². The average molecular weight is 362 g/mol. The zero-order valence-corrected chi connectivity index (χ0v) is 13.2. The van der Waals surface area contributed by atoms with Crippen molar-refractivity contribution in [3.8, 4) is 0 Å². The molecule has 0 aliphatic carbocycles. The Labute approximate surface area is 139 Å². The maximum Gasteiger partial charge on any atom is 0.417 e. The summed E-state index contributed by atoms with van der Waals surface area (Å²) in [5.74, 6) is -0.715. The van der Waals surface area contributed by atoms with Crippen molar-refractivity contribution in [3.63, 3.8) is 0 Å². The van der Waals surface area contributed by atoms with E-state index < -0.39 is 22.7 Å². The number of hydrogen-bond donors (Lipinski definition) is 1. The highest BCUT2D eigenvalue weighted by molar-refractivity contribution is 7.12. The fraction of sp³-hybridized carbons (Fsp3) is 0.200. The molecule has 0 aliphatic heterocycles. The van der Waals surface area contributed by atoms with Gasteiger partial charge in [-0.1, -0.05) is 17.7 Å². The number of ketones is 1. The summed E-state index contributed by atoms with van der Waals surface area (Å²) in [6, 6.07) is 6.48. The molecule has 0 saturated heterocycles. The van der Waals surface area contributed by atoms with Crippen molar-refractivity contribution in [2.45, 2.75) is 19.0 Å². The Balaban J connectivity index is 1.97. The van der Waals surface area contributed by atoms with Gasteiger partial charge in [0.1, 0.15) is 0 Å². The Morgan fingerprint density at radius 3 is 2.52 bits per heavy atom. The summed E-state index contributed by atoms with van der Waals surface area (Å²) in [5.41, 5.74) is -1.04. The van der Waals surface area contributed by atoms with Crippen LogP contribution in [0.3, 0.4) is 0 Å². The molecule has 2 rings (SSSR count). The van der Waals surface area contributed by atoms with Crippen LogP contribution in [-0.2, 0) is 11.0 Å². The van der Waals surface area contributed by atoms with E-state index in [1.54, 1.807) is 17.5 Å². The summed E-state index contributed by atoms with van der Waals surface area (Å²) in [5, 5.41) is 3.64. The number of carbonyl (C=O) groups excluding carboxylic acids is 2. The second-order valence-electron chi connectivity index (χ2n) is 4.64. The minimum Gasteiger partial charge on any atom is -0.326 e. The maximum atomic E-state index is 12.7. The van der Waals surface area contributed by atoms with Crippen LogP contribution in [0.4, 0.5) is 18.9 Å². The van der Waals surface area contributed by atoms with E-state index in [0.717, 1.165) is 12.1 Å². The Kier molecular flexibility index (Phi) is 5.43. The van der Waals surface area contributed by atoms with Crippen molar-refractivity contribution in [1.82, 2.24) is 0 Å². The summed E-state index contributed by atoms with van der Waals surface area (Å²) in [7, 11) is 0. The largest absolute Gasteiger partial charge is 0.417 e. The minimum absolute atomic E-state index is 0.00787. The molecule has 1 aromatic carbocycles. The summed E-state index contributed by atoms with van der Waals surface area (Å²) >= 11 is 6.77. The molecule has 0 radical (unpaired) electrons. The van der Waals surface area contributed by atoms with Crippen LogP contribution in [0.25, 0.3) is 0 Å². The molecule has 1 heterocycles. The Morgan fingerprint density at radius 2 is 1.91 bits per heavy atom. The lowest BCUT2D eigenvalue weighted by Crippen LogP contribution is -2.14. The van der Waals surface area contributed by atoms with Gasteiger partial charge in [-0.15, -0.1) is 11.3 Å². The van der Waals surface area contributed by atoms with Crippen molar-refractivity contribution >= 4 is 40.3 Å². The van der Waals surface area contributed by atoms with Gasteiger partial charge >= 0.3 is 6.18 Å². The summed E-state index contributed by atoms with van der Waals surface area (Å²) < 4.78 is 38.2. The molecule has 0 unspecified atom stereocenters. The van der Waals surface area contributed by atoms with Gasteiger partial charge in [0.25, 0.3) is 0 Å². The lowest BCUT2D eigenvalue weighted by atomic mass is 10.1. The molecule has 0 spiro atoms. The average Bonchev–Trinajstić information content (AvgIpc) is 3.00. The SMILES string of the molecule is O=C(CCC(=O)c1cccs1)Nc1ccc(Cl)c(C(F)(F)F)c1. The van der Waals surface area contributed by atoms with Crippen LogP contribution in [0.5, 0.6) is 0 Å². The highest BCUT2D eigenvalue weighted by Crippen LogP contribution is 2.36. The number of thiophene rings is 1. The first kappa shape index (κ1) is 17.5. The number of rotatable bonds is 5. The number of amides is 1. The van der Waals surface area contributed by atoms with Crippen LogP contribution in [0.2, 0.25) is 5.02 Å². The molecule has 0 aliphatic rings. The van der Waals surface area contributed by atoms with Crippen LogP contribution in [0.15, 0.2) is 35.7 Å². The van der Waals surface area contributed by atoms with E-state index in [2.05, 4.69) is 5.32 Å². The maximum absolute atomic E-state index is 12.7. The molecule has 0 bridgehead atoms.